The second-order valence-electron chi connectivity index (χ2n) is 5.91. The number of fused-ring (bicyclic) bond motifs is 1. The van der Waals surface area contributed by atoms with E-state index in [0.29, 0.717) is 23.1 Å². The number of halogens is 3. The quantitative estimate of drug-likeness (QED) is 0.799. The van der Waals surface area contributed by atoms with Crippen molar-refractivity contribution in [2.75, 3.05) is 6.79 Å². The molecule has 1 amide bonds. The van der Waals surface area contributed by atoms with E-state index in [1.54, 1.807) is 18.2 Å². The number of Topliss-reactive ketones (excluding diaryl/α,β-unsaturated/α-hetero) is 1. The van der Waals surface area contributed by atoms with Crippen molar-refractivity contribution in [2.24, 2.45) is 0 Å². The molecule has 0 bridgehead atoms. The number of hydrogen-bond donors (Lipinski definition) is 1. The minimum absolute atomic E-state index is 0.0568. The number of rotatable bonds is 5. The van der Waals surface area contributed by atoms with E-state index in [2.05, 4.69) is 5.32 Å². The van der Waals surface area contributed by atoms with Crippen LogP contribution < -0.4 is 14.8 Å². The van der Waals surface area contributed by atoms with Gasteiger partial charge in [0.15, 0.2) is 17.3 Å². The topological polar surface area (TPSA) is 64.6 Å². The SMILES string of the molecule is CCC(=O)c1ccc(C(=O)NCc2ccc3c(c2)OCO3)cc1C(F)(F)F. The molecule has 1 aliphatic heterocycles. The molecular weight excluding hydrogens is 363 g/mol. The molecule has 2 aromatic carbocycles. The standard InChI is InChI=1S/C19H16F3NO4/c1-2-15(24)13-5-4-12(8-14(13)19(20,21)22)18(25)23-9-11-3-6-16-17(7-11)27-10-26-16/h3-8H,2,9-10H2,1H3,(H,23,25). The highest BCUT2D eigenvalue weighted by Gasteiger charge is 2.35. The number of hydrogen-bond acceptors (Lipinski definition) is 4. The zero-order valence-corrected chi connectivity index (χ0v) is 14.4. The number of amides is 1. The Hall–Kier alpha value is -3.03. The summed E-state index contributed by atoms with van der Waals surface area (Å²) in [4.78, 5) is 24.0. The molecular formula is C19H16F3NO4. The minimum Gasteiger partial charge on any atom is -0.454 e. The summed E-state index contributed by atoms with van der Waals surface area (Å²) < 4.78 is 50.2. The number of ether oxygens (including phenoxy) is 2. The molecule has 1 heterocycles. The Morgan fingerprint density at radius 1 is 1.07 bits per heavy atom. The van der Waals surface area contributed by atoms with E-state index in [1.807, 2.05) is 0 Å². The first kappa shape index (κ1) is 18.8. The van der Waals surface area contributed by atoms with Crippen molar-refractivity contribution in [3.05, 3.63) is 58.7 Å². The lowest BCUT2D eigenvalue weighted by molar-refractivity contribution is -0.137. The second kappa shape index (κ2) is 7.30. The van der Waals surface area contributed by atoms with Crippen LogP contribution in [0, 0.1) is 0 Å². The van der Waals surface area contributed by atoms with Gasteiger partial charge in [-0.15, -0.1) is 0 Å². The summed E-state index contributed by atoms with van der Waals surface area (Å²) in [7, 11) is 0. The van der Waals surface area contributed by atoms with Crippen LogP contribution >= 0.6 is 0 Å². The van der Waals surface area contributed by atoms with Crippen LogP contribution in [0.5, 0.6) is 11.5 Å². The van der Waals surface area contributed by atoms with Crippen LogP contribution in [0.4, 0.5) is 13.2 Å². The van der Waals surface area contributed by atoms with Crippen molar-refractivity contribution in [1.82, 2.24) is 5.32 Å². The van der Waals surface area contributed by atoms with Gasteiger partial charge in [-0.2, -0.15) is 13.2 Å². The van der Waals surface area contributed by atoms with Crippen LogP contribution in [-0.4, -0.2) is 18.5 Å². The lowest BCUT2D eigenvalue weighted by Gasteiger charge is -2.13. The fraction of sp³-hybridized carbons (Fsp3) is 0.263. The normalized spacial score (nSPS) is 12.7. The maximum absolute atomic E-state index is 13.3. The molecule has 0 saturated carbocycles. The van der Waals surface area contributed by atoms with Gasteiger partial charge in [0.2, 0.25) is 6.79 Å². The third-order valence-electron chi connectivity index (χ3n) is 4.10. The smallest absolute Gasteiger partial charge is 0.417 e. The minimum atomic E-state index is -4.73. The maximum Gasteiger partial charge on any atom is 0.417 e. The predicted molar refractivity (Wildman–Crippen MR) is 89.8 cm³/mol. The molecule has 0 atom stereocenters. The number of carbonyl (C=O) groups is 2. The lowest BCUT2D eigenvalue weighted by atomic mass is 9.98. The first-order chi connectivity index (χ1) is 12.8. The van der Waals surface area contributed by atoms with Crippen LogP contribution in [0.2, 0.25) is 0 Å². The summed E-state index contributed by atoms with van der Waals surface area (Å²) in [6.45, 7) is 1.70. The van der Waals surface area contributed by atoms with Crippen LogP contribution in [-0.2, 0) is 12.7 Å². The first-order valence-corrected chi connectivity index (χ1v) is 8.20. The van der Waals surface area contributed by atoms with Crippen molar-refractivity contribution >= 4 is 11.7 Å². The van der Waals surface area contributed by atoms with Gasteiger partial charge in [-0.1, -0.05) is 19.1 Å². The molecule has 142 valence electrons. The number of ketones is 1. The molecule has 1 aliphatic rings. The highest BCUT2D eigenvalue weighted by Crippen LogP contribution is 2.34. The third kappa shape index (κ3) is 4.05. The average molecular weight is 379 g/mol. The maximum atomic E-state index is 13.3. The molecule has 0 spiro atoms. The van der Waals surface area contributed by atoms with E-state index in [-0.39, 0.29) is 25.3 Å². The Labute approximate surface area is 153 Å². The average Bonchev–Trinajstić information content (AvgIpc) is 3.12. The van der Waals surface area contributed by atoms with Crippen molar-refractivity contribution < 1.29 is 32.2 Å². The zero-order chi connectivity index (χ0) is 19.6. The molecule has 0 unspecified atom stereocenters. The van der Waals surface area contributed by atoms with Gasteiger partial charge in [0.25, 0.3) is 5.91 Å². The lowest BCUT2D eigenvalue weighted by Crippen LogP contribution is -2.24. The molecule has 1 N–H and O–H groups in total. The molecule has 2 aromatic rings. The fourth-order valence-electron chi connectivity index (χ4n) is 2.69. The van der Waals surface area contributed by atoms with Gasteiger partial charge in [0, 0.05) is 24.1 Å². The van der Waals surface area contributed by atoms with Gasteiger partial charge in [-0.25, -0.2) is 0 Å². The second-order valence-corrected chi connectivity index (χ2v) is 5.91. The monoisotopic (exact) mass is 379 g/mol. The Bertz CT molecular complexity index is 893. The molecule has 0 aromatic heterocycles. The van der Waals surface area contributed by atoms with E-state index >= 15 is 0 Å². The van der Waals surface area contributed by atoms with E-state index < -0.39 is 29.0 Å². The molecule has 0 saturated heterocycles. The molecule has 3 rings (SSSR count). The van der Waals surface area contributed by atoms with Crippen LogP contribution in [0.1, 0.15) is 45.2 Å². The van der Waals surface area contributed by atoms with Gasteiger partial charge in [-0.3, -0.25) is 9.59 Å². The Balaban J connectivity index is 1.77. The van der Waals surface area contributed by atoms with E-state index in [1.165, 1.54) is 13.0 Å². The van der Waals surface area contributed by atoms with Crippen LogP contribution in [0.3, 0.4) is 0 Å². The van der Waals surface area contributed by atoms with Crippen molar-refractivity contribution in [3.63, 3.8) is 0 Å². The highest BCUT2D eigenvalue weighted by atomic mass is 19.4. The first-order valence-electron chi connectivity index (χ1n) is 8.20. The molecule has 0 aliphatic carbocycles. The van der Waals surface area contributed by atoms with Gasteiger partial charge in [0.05, 0.1) is 5.56 Å². The van der Waals surface area contributed by atoms with E-state index in [0.717, 1.165) is 6.07 Å². The van der Waals surface area contributed by atoms with E-state index in [9.17, 15) is 22.8 Å². The number of carbonyl (C=O) groups excluding carboxylic acids is 2. The summed E-state index contributed by atoms with van der Waals surface area (Å²) >= 11 is 0. The Morgan fingerprint density at radius 3 is 2.52 bits per heavy atom. The molecule has 8 heteroatoms. The number of alkyl halides is 3. The summed E-state index contributed by atoms with van der Waals surface area (Å²) in [6, 6.07) is 8.07. The van der Waals surface area contributed by atoms with Gasteiger partial charge in [0.1, 0.15) is 0 Å². The Kier molecular flexibility index (Phi) is 5.07. The molecule has 27 heavy (non-hydrogen) atoms. The molecule has 0 fully saturated rings. The van der Waals surface area contributed by atoms with Gasteiger partial charge < -0.3 is 14.8 Å². The van der Waals surface area contributed by atoms with Gasteiger partial charge >= 0.3 is 6.18 Å². The summed E-state index contributed by atoms with van der Waals surface area (Å²) in [5.41, 5.74) is -1.00. The number of nitrogens with one attached hydrogen (secondary N) is 1. The fourth-order valence-corrected chi connectivity index (χ4v) is 2.69. The third-order valence-corrected chi connectivity index (χ3v) is 4.10. The summed E-state index contributed by atoms with van der Waals surface area (Å²) in [6.07, 6.45) is -4.79. The Morgan fingerprint density at radius 2 is 1.81 bits per heavy atom. The zero-order valence-electron chi connectivity index (χ0n) is 14.4. The predicted octanol–water partition coefficient (Wildman–Crippen LogP) is 3.96. The highest BCUT2D eigenvalue weighted by molar-refractivity contribution is 6.00. The summed E-state index contributed by atoms with van der Waals surface area (Å²) in [5, 5.41) is 2.56. The van der Waals surface area contributed by atoms with Crippen LogP contribution in [0.25, 0.3) is 0 Å². The van der Waals surface area contributed by atoms with Gasteiger partial charge in [-0.05, 0) is 29.8 Å². The van der Waals surface area contributed by atoms with E-state index in [4.69, 9.17) is 9.47 Å². The van der Waals surface area contributed by atoms with Crippen molar-refractivity contribution in [2.45, 2.75) is 26.1 Å². The molecule has 0 radical (unpaired) electrons. The summed E-state index contributed by atoms with van der Waals surface area (Å²) in [5.74, 6) is -0.164. The van der Waals surface area contributed by atoms with Crippen LogP contribution in [0.15, 0.2) is 36.4 Å². The largest absolute Gasteiger partial charge is 0.454 e. The van der Waals surface area contributed by atoms with Crippen molar-refractivity contribution in [3.8, 4) is 11.5 Å². The molecule has 5 nitrogen and oxygen atoms in total. The number of benzene rings is 2. The van der Waals surface area contributed by atoms with Crippen molar-refractivity contribution in [1.29, 1.82) is 0 Å².